The summed E-state index contributed by atoms with van der Waals surface area (Å²) < 4.78 is 12.3. The van der Waals surface area contributed by atoms with E-state index in [2.05, 4.69) is 22.6 Å². The molecule has 0 amide bonds. The highest BCUT2D eigenvalue weighted by Gasteiger charge is 2.21. The van der Waals surface area contributed by atoms with Crippen LogP contribution in [0, 0.1) is 0 Å². The van der Waals surface area contributed by atoms with E-state index in [1.807, 2.05) is 24.3 Å². The van der Waals surface area contributed by atoms with Crippen LogP contribution in [0.3, 0.4) is 0 Å². The van der Waals surface area contributed by atoms with E-state index in [0.717, 1.165) is 29.1 Å². The summed E-state index contributed by atoms with van der Waals surface area (Å²) in [5.74, 6) is 0. The highest BCUT2D eigenvalue weighted by Crippen LogP contribution is 2.25. The predicted octanol–water partition coefficient (Wildman–Crippen LogP) is 3.62. The molecule has 1 aromatic carbocycles. The second-order valence-electron chi connectivity index (χ2n) is 3.82. The molecule has 0 radical (unpaired) electrons. The monoisotopic (exact) mass is 352 g/mol. The van der Waals surface area contributed by atoms with E-state index >= 15 is 0 Å². The van der Waals surface area contributed by atoms with Crippen LogP contribution >= 0.6 is 34.2 Å². The van der Waals surface area contributed by atoms with Crippen molar-refractivity contribution in [3.05, 3.63) is 34.9 Å². The molecule has 1 aliphatic rings. The SMILES string of the molecule is Clc1ccc(C(CI)OC2CCOC2)cc1. The van der Waals surface area contributed by atoms with Gasteiger partial charge in [-0.3, -0.25) is 0 Å². The quantitative estimate of drug-likeness (QED) is 0.609. The van der Waals surface area contributed by atoms with Crippen LogP contribution in [0.4, 0.5) is 0 Å². The number of benzene rings is 1. The van der Waals surface area contributed by atoms with Crippen molar-refractivity contribution in [2.24, 2.45) is 0 Å². The fourth-order valence-corrected chi connectivity index (χ4v) is 2.58. The van der Waals surface area contributed by atoms with Gasteiger partial charge in [0.05, 0.1) is 18.8 Å². The second-order valence-corrected chi connectivity index (χ2v) is 5.13. The molecule has 2 rings (SSSR count). The fourth-order valence-electron chi connectivity index (χ4n) is 1.73. The summed E-state index contributed by atoms with van der Waals surface area (Å²) in [5.41, 5.74) is 1.19. The lowest BCUT2D eigenvalue weighted by Gasteiger charge is -2.19. The van der Waals surface area contributed by atoms with E-state index in [0.29, 0.717) is 0 Å². The standard InChI is InChI=1S/C12H14ClIO2/c13-10-3-1-9(2-4-10)12(7-14)16-11-5-6-15-8-11/h1-4,11-12H,5-8H2. The zero-order chi connectivity index (χ0) is 11.4. The number of halogens is 2. The van der Waals surface area contributed by atoms with Gasteiger partial charge >= 0.3 is 0 Å². The van der Waals surface area contributed by atoms with Crippen molar-refractivity contribution in [1.29, 1.82) is 0 Å². The molecule has 0 spiro atoms. The first kappa shape index (κ1) is 12.6. The van der Waals surface area contributed by atoms with Gasteiger partial charge in [-0.05, 0) is 24.1 Å². The summed E-state index contributed by atoms with van der Waals surface area (Å²) in [6, 6.07) is 7.87. The average molecular weight is 353 g/mol. The van der Waals surface area contributed by atoms with E-state index in [-0.39, 0.29) is 12.2 Å². The summed E-state index contributed by atoms with van der Waals surface area (Å²) >= 11 is 8.22. The molecular formula is C12H14ClIO2. The van der Waals surface area contributed by atoms with Gasteiger partial charge in [-0.25, -0.2) is 0 Å². The van der Waals surface area contributed by atoms with Crippen molar-refractivity contribution in [1.82, 2.24) is 0 Å². The molecule has 1 fully saturated rings. The molecule has 2 unspecified atom stereocenters. The lowest BCUT2D eigenvalue weighted by molar-refractivity contribution is -0.00383. The third kappa shape index (κ3) is 3.32. The molecule has 0 bridgehead atoms. The highest BCUT2D eigenvalue weighted by molar-refractivity contribution is 14.1. The fraction of sp³-hybridized carbons (Fsp3) is 0.500. The highest BCUT2D eigenvalue weighted by atomic mass is 127. The van der Waals surface area contributed by atoms with Crippen LogP contribution in [-0.2, 0) is 9.47 Å². The molecule has 0 aliphatic carbocycles. The van der Waals surface area contributed by atoms with Crippen molar-refractivity contribution in [3.8, 4) is 0 Å². The third-order valence-corrected chi connectivity index (χ3v) is 3.68. The Labute approximate surface area is 114 Å². The van der Waals surface area contributed by atoms with Crippen molar-refractivity contribution in [3.63, 3.8) is 0 Å². The number of alkyl halides is 1. The zero-order valence-electron chi connectivity index (χ0n) is 8.86. The predicted molar refractivity (Wildman–Crippen MR) is 73.4 cm³/mol. The molecule has 1 aromatic rings. The maximum atomic E-state index is 6.01. The van der Waals surface area contributed by atoms with Gasteiger partial charge in [-0.2, -0.15) is 0 Å². The molecule has 2 nitrogen and oxygen atoms in total. The van der Waals surface area contributed by atoms with Crippen LogP contribution in [0.15, 0.2) is 24.3 Å². The molecule has 4 heteroatoms. The first-order chi connectivity index (χ1) is 7.79. The molecule has 0 saturated carbocycles. The lowest BCUT2D eigenvalue weighted by atomic mass is 10.1. The van der Waals surface area contributed by atoms with Crippen LogP contribution in [0.5, 0.6) is 0 Å². The van der Waals surface area contributed by atoms with Gasteiger partial charge in [0, 0.05) is 16.1 Å². The Hall–Kier alpha value is 0.160. The molecule has 1 aliphatic heterocycles. The number of ether oxygens (including phenoxy) is 2. The first-order valence-corrected chi connectivity index (χ1v) is 7.24. The summed E-state index contributed by atoms with van der Waals surface area (Å²) in [5, 5.41) is 0.764. The lowest BCUT2D eigenvalue weighted by Crippen LogP contribution is -2.17. The van der Waals surface area contributed by atoms with E-state index in [4.69, 9.17) is 21.1 Å². The van der Waals surface area contributed by atoms with Crippen molar-refractivity contribution in [2.75, 3.05) is 17.6 Å². The van der Waals surface area contributed by atoms with Crippen molar-refractivity contribution < 1.29 is 9.47 Å². The Morgan fingerprint density at radius 2 is 2.19 bits per heavy atom. The number of hydrogen-bond acceptors (Lipinski definition) is 2. The third-order valence-electron chi connectivity index (χ3n) is 2.63. The minimum Gasteiger partial charge on any atom is -0.379 e. The molecular weight excluding hydrogens is 338 g/mol. The molecule has 0 aromatic heterocycles. The summed E-state index contributed by atoms with van der Waals surface area (Å²) in [6.45, 7) is 1.54. The van der Waals surface area contributed by atoms with E-state index in [1.165, 1.54) is 5.56 Å². The Bertz CT molecular complexity index is 322. The molecule has 0 N–H and O–H groups in total. The molecule has 16 heavy (non-hydrogen) atoms. The normalized spacial score (nSPS) is 22.2. The van der Waals surface area contributed by atoms with Crippen LogP contribution in [0.25, 0.3) is 0 Å². The van der Waals surface area contributed by atoms with Gasteiger partial charge in [-0.1, -0.05) is 46.3 Å². The Kier molecular flexibility index (Phi) is 4.88. The summed E-state index contributed by atoms with van der Waals surface area (Å²) in [4.78, 5) is 0. The zero-order valence-corrected chi connectivity index (χ0v) is 11.8. The first-order valence-electron chi connectivity index (χ1n) is 5.34. The van der Waals surface area contributed by atoms with Gasteiger partial charge in [0.15, 0.2) is 0 Å². The van der Waals surface area contributed by atoms with Crippen molar-refractivity contribution >= 4 is 34.2 Å². The van der Waals surface area contributed by atoms with Gasteiger partial charge in [0.25, 0.3) is 0 Å². The minimum absolute atomic E-state index is 0.143. The minimum atomic E-state index is 0.143. The molecule has 2 atom stereocenters. The average Bonchev–Trinajstić information content (AvgIpc) is 2.80. The maximum absolute atomic E-state index is 6.01. The number of rotatable bonds is 4. The Balaban J connectivity index is 2.00. The number of hydrogen-bond donors (Lipinski definition) is 0. The summed E-state index contributed by atoms with van der Waals surface area (Å²) in [6.07, 6.45) is 1.39. The van der Waals surface area contributed by atoms with Crippen LogP contribution < -0.4 is 0 Å². The Morgan fingerprint density at radius 3 is 2.75 bits per heavy atom. The van der Waals surface area contributed by atoms with Crippen molar-refractivity contribution in [2.45, 2.75) is 18.6 Å². The second kappa shape index (κ2) is 6.19. The van der Waals surface area contributed by atoms with Crippen LogP contribution in [-0.4, -0.2) is 23.7 Å². The molecule has 88 valence electrons. The molecule has 1 saturated heterocycles. The Morgan fingerprint density at radius 1 is 1.44 bits per heavy atom. The van der Waals surface area contributed by atoms with E-state index in [9.17, 15) is 0 Å². The van der Waals surface area contributed by atoms with Gasteiger partial charge in [0.2, 0.25) is 0 Å². The van der Waals surface area contributed by atoms with E-state index in [1.54, 1.807) is 0 Å². The maximum Gasteiger partial charge on any atom is 0.0919 e. The van der Waals surface area contributed by atoms with Crippen LogP contribution in [0.1, 0.15) is 18.1 Å². The van der Waals surface area contributed by atoms with Crippen LogP contribution in [0.2, 0.25) is 5.02 Å². The topological polar surface area (TPSA) is 18.5 Å². The summed E-state index contributed by atoms with van der Waals surface area (Å²) in [7, 11) is 0. The smallest absolute Gasteiger partial charge is 0.0919 e. The van der Waals surface area contributed by atoms with Gasteiger partial charge in [-0.15, -0.1) is 0 Å². The van der Waals surface area contributed by atoms with Gasteiger partial charge < -0.3 is 9.47 Å². The molecule has 1 heterocycles. The largest absolute Gasteiger partial charge is 0.379 e. The van der Waals surface area contributed by atoms with E-state index < -0.39 is 0 Å². The van der Waals surface area contributed by atoms with Gasteiger partial charge in [0.1, 0.15) is 0 Å².